The van der Waals surface area contributed by atoms with Crippen molar-refractivity contribution in [3.05, 3.63) is 22.6 Å². The Hall–Kier alpha value is -1.85. The Labute approximate surface area is 100 Å². The Morgan fingerprint density at radius 2 is 2.29 bits per heavy atom. The molecule has 0 spiro atoms. The molecule has 94 valence electrons. The number of aromatic nitrogens is 2. The number of hydrogen-bond donors (Lipinski definition) is 2. The molecule has 0 aliphatic rings. The molecule has 0 saturated carbocycles. The van der Waals surface area contributed by atoms with Crippen LogP contribution in [0.2, 0.25) is 0 Å². The molecular weight excluding hydrogens is 220 g/mol. The van der Waals surface area contributed by atoms with E-state index in [1.165, 1.54) is 12.3 Å². The molecule has 1 aromatic rings. The monoisotopic (exact) mass is 238 g/mol. The normalized spacial score (nSPS) is 10.0. The zero-order valence-corrected chi connectivity index (χ0v) is 10.2. The van der Waals surface area contributed by atoms with E-state index < -0.39 is 0 Å². The molecule has 1 heterocycles. The van der Waals surface area contributed by atoms with Gasteiger partial charge in [-0.2, -0.15) is 5.10 Å². The minimum absolute atomic E-state index is 0.0352. The molecule has 6 heteroatoms. The van der Waals surface area contributed by atoms with Gasteiger partial charge in [0.1, 0.15) is 6.54 Å². The predicted octanol–water partition coefficient (Wildman–Crippen LogP) is 0.201. The molecule has 0 unspecified atom stereocenters. The molecule has 0 fully saturated rings. The molecule has 0 atom stereocenters. The van der Waals surface area contributed by atoms with Crippen LogP contribution in [0.1, 0.15) is 19.8 Å². The van der Waals surface area contributed by atoms with E-state index in [0.29, 0.717) is 12.2 Å². The van der Waals surface area contributed by atoms with Gasteiger partial charge in [0, 0.05) is 19.7 Å². The molecule has 0 saturated heterocycles. The van der Waals surface area contributed by atoms with Crippen LogP contribution in [0.15, 0.2) is 17.1 Å². The number of nitrogens with one attached hydrogen (secondary N) is 2. The number of anilines is 1. The first-order chi connectivity index (χ1) is 8.17. The number of carbonyl (C=O) groups excluding carboxylic acids is 1. The van der Waals surface area contributed by atoms with E-state index in [0.717, 1.165) is 17.5 Å². The van der Waals surface area contributed by atoms with Crippen molar-refractivity contribution in [1.29, 1.82) is 0 Å². The highest BCUT2D eigenvalue weighted by Crippen LogP contribution is 1.96. The van der Waals surface area contributed by atoms with E-state index in [2.05, 4.69) is 22.7 Å². The van der Waals surface area contributed by atoms with Crippen molar-refractivity contribution < 1.29 is 4.79 Å². The largest absolute Gasteiger partial charge is 0.387 e. The van der Waals surface area contributed by atoms with E-state index >= 15 is 0 Å². The minimum Gasteiger partial charge on any atom is -0.387 e. The molecule has 0 radical (unpaired) electrons. The van der Waals surface area contributed by atoms with Crippen LogP contribution in [0.25, 0.3) is 0 Å². The van der Waals surface area contributed by atoms with E-state index in [1.807, 2.05) is 0 Å². The van der Waals surface area contributed by atoms with E-state index in [9.17, 15) is 9.59 Å². The van der Waals surface area contributed by atoms with Gasteiger partial charge in [-0.3, -0.25) is 9.59 Å². The maximum absolute atomic E-state index is 11.5. The summed E-state index contributed by atoms with van der Waals surface area (Å²) in [4.78, 5) is 23.0. The second-order valence-electron chi connectivity index (χ2n) is 3.69. The molecule has 1 aromatic heterocycles. The lowest BCUT2D eigenvalue weighted by atomic mass is 10.3. The van der Waals surface area contributed by atoms with Gasteiger partial charge in [-0.05, 0) is 6.42 Å². The van der Waals surface area contributed by atoms with Crippen LogP contribution in [0.4, 0.5) is 5.69 Å². The van der Waals surface area contributed by atoms with Crippen LogP contribution in [0.5, 0.6) is 0 Å². The third-order valence-corrected chi connectivity index (χ3v) is 2.30. The van der Waals surface area contributed by atoms with Gasteiger partial charge in [0.15, 0.2) is 0 Å². The van der Waals surface area contributed by atoms with Crippen LogP contribution in [-0.2, 0) is 11.3 Å². The summed E-state index contributed by atoms with van der Waals surface area (Å²) in [6.07, 6.45) is 3.48. The summed E-state index contributed by atoms with van der Waals surface area (Å²) >= 11 is 0. The van der Waals surface area contributed by atoms with Gasteiger partial charge < -0.3 is 10.6 Å². The molecule has 2 N–H and O–H groups in total. The van der Waals surface area contributed by atoms with Gasteiger partial charge in [-0.1, -0.05) is 13.3 Å². The average Bonchev–Trinajstić information content (AvgIpc) is 2.32. The molecule has 0 aliphatic carbocycles. The number of amides is 1. The quantitative estimate of drug-likeness (QED) is 0.694. The molecule has 0 aliphatic heterocycles. The highest BCUT2D eigenvalue weighted by atomic mass is 16.2. The topological polar surface area (TPSA) is 76.0 Å². The second-order valence-corrected chi connectivity index (χ2v) is 3.69. The van der Waals surface area contributed by atoms with Crippen molar-refractivity contribution in [1.82, 2.24) is 15.1 Å². The van der Waals surface area contributed by atoms with Crippen molar-refractivity contribution in [2.24, 2.45) is 0 Å². The van der Waals surface area contributed by atoms with Gasteiger partial charge in [0.2, 0.25) is 5.91 Å². The molecule has 0 bridgehead atoms. The molecule has 17 heavy (non-hydrogen) atoms. The Morgan fingerprint density at radius 1 is 1.53 bits per heavy atom. The first kappa shape index (κ1) is 13.2. The molecular formula is C11H18N4O2. The summed E-state index contributed by atoms with van der Waals surface area (Å²) < 4.78 is 1.14. The van der Waals surface area contributed by atoms with Gasteiger partial charge in [0.25, 0.3) is 5.56 Å². The van der Waals surface area contributed by atoms with Crippen molar-refractivity contribution >= 4 is 11.6 Å². The Bertz CT molecular complexity index is 428. The number of carbonyl (C=O) groups is 1. The van der Waals surface area contributed by atoms with Crippen molar-refractivity contribution in [2.75, 3.05) is 18.9 Å². The minimum atomic E-state index is -0.289. The first-order valence-electron chi connectivity index (χ1n) is 5.69. The second kappa shape index (κ2) is 6.67. The molecule has 0 aromatic carbocycles. The lowest BCUT2D eigenvalue weighted by molar-refractivity contribution is -0.121. The number of unbranched alkanes of at least 4 members (excludes halogenated alkanes) is 1. The Balaban J connectivity index is 2.56. The highest BCUT2D eigenvalue weighted by Gasteiger charge is 2.05. The van der Waals surface area contributed by atoms with Crippen LogP contribution < -0.4 is 16.2 Å². The molecule has 6 nitrogen and oxygen atoms in total. The predicted molar refractivity (Wildman–Crippen MR) is 66.0 cm³/mol. The van der Waals surface area contributed by atoms with Crippen molar-refractivity contribution in [2.45, 2.75) is 26.3 Å². The fourth-order valence-corrected chi connectivity index (χ4v) is 1.29. The maximum Gasteiger partial charge on any atom is 0.269 e. The molecule has 1 rings (SSSR count). The fraction of sp³-hybridized carbons (Fsp3) is 0.545. The third kappa shape index (κ3) is 4.26. The zero-order valence-electron chi connectivity index (χ0n) is 10.2. The summed E-state index contributed by atoms with van der Waals surface area (Å²) in [5.74, 6) is -0.190. The zero-order chi connectivity index (χ0) is 12.7. The summed E-state index contributed by atoms with van der Waals surface area (Å²) in [6.45, 7) is 2.65. The number of hydrogen-bond acceptors (Lipinski definition) is 4. The smallest absolute Gasteiger partial charge is 0.269 e. The summed E-state index contributed by atoms with van der Waals surface area (Å²) in [5.41, 5.74) is 0.347. The number of nitrogens with zero attached hydrogens (tertiary/aromatic N) is 2. The SMILES string of the molecule is CCCCNC(=O)Cn1ncc(NC)cc1=O. The third-order valence-electron chi connectivity index (χ3n) is 2.30. The van der Waals surface area contributed by atoms with Crippen molar-refractivity contribution in [3.63, 3.8) is 0 Å². The van der Waals surface area contributed by atoms with E-state index in [4.69, 9.17) is 0 Å². The van der Waals surface area contributed by atoms with Crippen LogP contribution >= 0.6 is 0 Å². The Kier molecular flexibility index (Phi) is 5.19. The van der Waals surface area contributed by atoms with Gasteiger partial charge >= 0.3 is 0 Å². The van der Waals surface area contributed by atoms with E-state index in [1.54, 1.807) is 7.05 Å². The maximum atomic E-state index is 11.5. The summed E-state index contributed by atoms with van der Waals surface area (Å²) in [6, 6.07) is 1.41. The summed E-state index contributed by atoms with van der Waals surface area (Å²) in [5, 5.41) is 9.45. The molecule has 1 amide bonds. The lowest BCUT2D eigenvalue weighted by Gasteiger charge is -2.06. The average molecular weight is 238 g/mol. The van der Waals surface area contributed by atoms with Gasteiger partial charge in [-0.15, -0.1) is 0 Å². The van der Waals surface area contributed by atoms with E-state index in [-0.39, 0.29) is 18.0 Å². The van der Waals surface area contributed by atoms with Crippen LogP contribution in [0, 0.1) is 0 Å². The highest BCUT2D eigenvalue weighted by molar-refractivity contribution is 5.75. The first-order valence-corrected chi connectivity index (χ1v) is 5.69. The Morgan fingerprint density at radius 3 is 2.88 bits per heavy atom. The summed E-state index contributed by atoms with van der Waals surface area (Å²) in [7, 11) is 1.71. The van der Waals surface area contributed by atoms with Gasteiger partial charge in [0.05, 0.1) is 11.9 Å². The lowest BCUT2D eigenvalue weighted by Crippen LogP contribution is -2.33. The van der Waals surface area contributed by atoms with Gasteiger partial charge in [-0.25, -0.2) is 4.68 Å². The van der Waals surface area contributed by atoms with Crippen LogP contribution in [-0.4, -0.2) is 29.3 Å². The fourth-order valence-electron chi connectivity index (χ4n) is 1.29. The standard InChI is InChI=1S/C11H18N4O2/c1-3-4-5-13-10(16)8-15-11(17)6-9(12-2)7-14-15/h6-7,12H,3-5,8H2,1-2H3,(H,13,16). The number of rotatable bonds is 6. The van der Waals surface area contributed by atoms with Crippen molar-refractivity contribution in [3.8, 4) is 0 Å². The van der Waals surface area contributed by atoms with Crippen LogP contribution in [0.3, 0.4) is 0 Å².